The molecule has 1 aromatic heterocycles. The fourth-order valence-electron chi connectivity index (χ4n) is 2.41. The summed E-state index contributed by atoms with van der Waals surface area (Å²) in [7, 11) is 1.74. The van der Waals surface area contributed by atoms with Crippen molar-refractivity contribution >= 4 is 33.5 Å². The van der Waals surface area contributed by atoms with Crippen LogP contribution in [0.4, 0.5) is 0 Å². The average molecular weight is 426 g/mol. The van der Waals surface area contributed by atoms with Crippen LogP contribution in [0.2, 0.25) is 5.15 Å². The zero-order valence-electron chi connectivity index (χ0n) is 13.7. The number of rotatable bonds is 5. The summed E-state index contributed by atoms with van der Waals surface area (Å²) in [4.78, 5) is 8.31. The minimum Gasteiger partial charge on any atom is -0.454 e. The number of fused-ring (bicyclic) bond motifs is 1. The van der Waals surface area contributed by atoms with E-state index in [0.29, 0.717) is 11.7 Å². The number of pyridine rings is 1. The van der Waals surface area contributed by atoms with E-state index in [-0.39, 0.29) is 6.79 Å². The number of aliphatic imine (C=N–C) groups is 1. The Morgan fingerprint density at radius 1 is 1.28 bits per heavy atom. The minimum atomic E-state index is 0.258. The Kier molecular flexibility index (Phi) is 5.99. The van der Waals surface area contributed by atoms with Gasteiger partial charge in [-0.1, -0.05) is 17.7 Å². The number of ether oxygens (including phenoxy) is 2. The second-order valence-electron chi connectivity index (χ2n) is 5.40. The van der Waals surface area contributed by atoms with Crippen LogP contribution in [0.5, 0.6) is 11.5 Å². The van der Waals surface area contributed by atoms with Crippen molar-refractivity contribution in [2.45, 2.75) is 13.0 Å². The molecule has 0 atom stereocenters. The van der Waals surface area contributed by atoms with Crippen LogP contribution in [-0.4, -0.2) is 31.3 Å². The molecule has 3 rings (SSSR count). The fraction of sp³-hybridized carbons (Fsp3) is 0.294. The Morgan fingerprint density at radius 2 is 2.16 bits per heavy atom. The molecule has 132 valence electrons. The van der Waals surface area contributed by atoms with Gasteiger partial charge < -0.3 is 20.1 Å². The zero-order valence-corrected chi connectivity index (χ0v) is 16.0. The molecule has 0 saturated carbocycles. The molecular weight excluding hydrogens is 408 g/mol. The van der Waals surface area contributed by atoms with Gasteiger partial charge in [0.15, 0.2) is 17.5 Å². The highest BCUT2D eigenvalue weighted by Gasteiger charge is 2.17. The predicted molar refractivity (Wildman–Crippen MR) is 101 cm³/mol. The van der Waals surface area contributed by atoms with E-state index in [0.717, 1.165) is 46.0 Å². The van der Waals surface area contributed by atoms with Crippen molar-refractivity contribution in [1.29, 1.82) is 0 Å². The van der Waals surface area contributed by atoms with Crippen LogP contribution < -0.4 is 20.1 Å². The predicted octanol–water partition coefficient (Wildman–Crippen LogP) is 3.13. The van der Waals surface area contributed by atoms with Gasteiger partial charge in [-0.2, -0.15) is 0 Å². The van der Waals surface area contributed by atoms with Crippen molar-refractivity contribution in [3.8, 4) is 11.5 Å². The summed E-state index contributed by atoms with van der Waals surface area (Å²) in [6.07, 6.45) is 2.62. The molecule has 0 aliphatic carbocycles. The molecule has 0 fully saturated rings. The third-order valence-corrected chi connectivity index (χ3v) is 4.48. The summed E-state index contributed by atoms with van der Waals surface area (Å²) >= 11 is 9.29. The largest absolute Gasteiger partial charge is 0.454 e. The van der Waals surface area contributed by atoms with Crippen molar-refractivity contribution in [3.05, 3.63) is 51.2 Å². The van der Waals surface area contributed by atoms with E-state index >= 15 is 0 Å². The molecule has 6 nitrogen and oxygen atoms in total. The van der Waals surface area contributed by atoms with Gasteiger partial charge in [0.2, 0.25) is 6.79 Å². The van der Waals surface area contributed by atoms with E-state index in [4.69, 9.17) is 21.1 Å². The van der Waals surface area contributed by atoms with Crippen LogP contribution >= 0.6 is 27.5 Å². The van der Waals surface area contributed by atoms with Crippen LogP contribution in [0, 0.1) is 0 Å². The Labute approximate surface area is 159 Å². The van der Waals surface area contributed by atoms with Gasteiger partial charge in [0, 0.05) is 26.3 Å². The molecule has 2 heterocycles. The van der Waals surface area contributed by atoms with Gasteiger partial charge in [-0.15, -0.1) is 0 Å². The van der Waals surface area contributed by atoms with E-state index in [9.17, 15) is 0 Å². The lowest BCUT2D eigenvalue weighted by molar-refractivity contribution is 0.173. The lowest BCUT2D eigenvalue weighted by atomic mass is 10.2. The first-order chi connectivity index (χ1) is 12.2. The molecule has 0 amide bonds. The van der Waals surface area contributed by atoms with Crippen LogP contribution in [0.15, 0.2) is 39.9 Å². The quantitative estimate of drug-likeness (QED) is 0.438. The first-order valence-electron chi connectivity index (χ1n) is 7.78. The third-order valence-electron chi connectivity index (χ3n) is 3.67. The van der Waals surface area contributed by atoms with Gasteiger partial charge in [0.1, 0.15) is 5.15 Å². The SMILES string of the molecule is CN=C(NCCc1ccc(Cl)nc1)NCc1cc(Br)c2c(c1)OCO2. The first kappa shape index (κ1) is 17.8. The number of guanidine groups is 1. The second kappa shape index (κ2) is 8.40. The lowest BCUT2D eigenvalue weighted by Crippen LogP contribution is -2.37. The van der Waals surface area contributed by atoms with Crippen LogP contribution in [0.3, 0.4) is 0 Å². The molecule has 25 heavy (non-hydrogen) atoms. The summed E-state index contributed by atoms with van der Waals surface area (Å²) in [5.74, 6) is 2.24. The Bertz CT molecular complexity index is 768. The Balaban J connectivity index is 1.49. The maximum Gasteiger partial charge on any atom is 0.231 e. The zero-order chi connectivity index (χ0) is 17.6. The van der Waals surface area contributed by atoms with Gasteiger partial charge in [-0.25, -0.2) is 4.98 Å². The molecule has 2 N–H and O–H groups in total. The molecular formula is C17H18BrClN4O2. The fourth-order valence-corrected chi connectivity index (χ4v) is 3.12. The average Bonchev–Trinajstić information content (AvgIpc) is 3.09. The molecule has 8 heteroatoms. The van der Waals surface area contributed by atoms with E-state index in [1.54, 1.807) is 19.3 Å². The molecule has 0 saturated heterocycles. The second-order valence-corrected chi connectivity index (χ2v) is 6.64. The van der Waals surface area contributed by atoms with E-state index < -0.39 is 0 Å². The topological polar surface area (TPSA) is 67.8 Å². The van der Waals surface area contributed by atoms with Gasteiger partial charge in [0.25, 0.3) is 0 Å². The van der Waals surface area contributed by atoms with Crippen LogP contribution in [0.25, 0.3) is 0 Å². The summed E-state index contributed by atoms with van der Waals surface area (Å²) in [5, 5.41) is 7.07. The molecule has 0 spiro atoms. The molecule has 1 aliphatic heterocycles. The number of hydrogen-bond donors (Lipinski definition) is 2. The minimum absolute atomic E-state index is 0.258. The van der Waals surface area contributed by atoms with E-state index in [1.165, 1.54) is 0 Å². The highest BCUT2D eigenvalue weighted by molar-refractivity contribution is 9.10. The van der Waals surface area contributed by atoms with Crippen molar-refractivity contribution in [3.63, 3.8) is 0 Å². The standard InChI is InChI=1S/C17H18BrClN4O2/c1-20-17(21-5-4-11-2-3-15(19)22-8-11)23-9-12-6-13(18)16-14(7-12)24-10-25-16/h2-3,6-8H,4-5,9-10H2,1H3,(H2,20,21,23). The highest BCUT2D eigenvalue weighted by atomic mass is 79.9. The number of nitrogens with one attached hydrogen (secondary N) is 2. The number of nitrogens with zero attached hydrogens (tertiary/aromatic N) is 2. The number of benzene rings is 1. The summed E-state index contributed by atoms with van der Waals surface area (Å²) in [6.45, 7) is 1.62. The van der Waals surface area contributed by atoms with Crippen LogP contribution in [-0.2, 0) is 13.0 Å². The monoisotopic (exact) mass is 424 g/mol. The third kappa shape index (κ3) is 4.76. The normalized spacial score (nSPS) is 13.0. The summed E-state index contributed by atoms with van der Waals surface area (Å²) < 4.78 is 11.7. The number of hydrogen-bond acceptors (Lipinski definition) is 4. The summed E-state index contributed by atoms with van der Waals surface area (Å²) in [5.41, 5.74) is 2.19. The molecule has 2 aromatic rings. The van der Waals surface area contributed by atoms with Crippen molar-refractivity contribution in [2.24, 2.45) is 4.99 Å². The molecule has 0 bridgehead atoms. The highest BCUT2D eigenvalue weighted by Crippen LogP contribution is 2.39. The maximum atomic E-state index is 5.79. The van der Waals surface area contributed by atoms with Gasteiger partial charge in [0.05, 0.1) is 4.47 Å². The molecule has 1 aliphatic rings. The Hall–Kier alpha value is -1.99. The molecule has 0 unspecified atom stereocenters. The Morgan fingerprint density at radius 3 is 2.92 bits per heavy atom. The van der Waals surface area contributed by atoms with Gasteiger partial charge >= 0.3 is 0 Å². The number of aromatic nitrogens is 1. The summed E-state index contributed by atoms with van der Waals surface area (Å²) in [6, 6.07) is 7.73. The molecule has 0 radical (unpaired) electrons. The van der Waals surface area contributed by atoms with Crippen molar-refractivity contribution in [2.75, 3.05) is 20.4 Å². The smallest absolute Gasteiger partial charge is 0.231 e. The molecule has 1 aromatic carbocycles. The van der Waals surface area contributed by atoms with E-state index in [2.05, 4.69) is 36.5 Å². The van der Waals surface area contributed by atoms with Crippen LogP contribution in [0.1, 0.15) is 11.1 Å². The number of halogens is 2. The maximum absolute atomic E-state index is 5.79. The lowest BCUT2D eigenvalue weighted by Gasteiger charge is -2.12. The first-order valence-corrected chi connectivity index (χ1v) is 8.96. The van der Waals surface area contributed by atoms with Gasteiger partial charge in [-0.3, -0.25) is 4.99 Å². The van der Waals surface area contributed by atoms with Gasteiger partial charge in [-0.05, 0) is 51.7 Å². The van der Waals surface area contributed by atoms with Crippen molar-refractivity contribution < 1.29 is 9.47 Å². The van der Waals surface area contributed by atoms with E-state index in [1.807, 2.05) is 18.2 Å². The van der Waals surface area contributed by atoms with Crippen molar-refractivity contribution in [1.82, 2.24) is 15.6 Å².